The van der Waals surface area contributed by atoms with Gasteiger partial charge >= 0.3 is 0 Å². The average Bonchev–Trinajstić information content (AvgIpc) is 2.44. The van der Waals surface area contributed by atoms with Crippen molar-refractivity contribution in [3.05, 3.63) is 63.9 Å². The van der Waals surface area contributed by atoms with Crippen molar-refractivity contribution >= 4 is 23.2 Å². The molecule has 0 aliphatic heterocycles. The number of hydrogen-bond acceptors (Lipinski definition) is 2. The van der Waals surface area contributed by atoms with Crippen LogP contribution < -0.4 is 5.32 Å². The Morgan fingerprint density at radius 3 is 2.63 bits per heavy atom. The van der Waals surface area contributed by atoms with Gasteiger partial charge in [0.2, 0.25) is 0 Å². The Labute approximate surface area is 123 Å². The SMILES string of the molecule is CNC(Cc1ccccn1)Cc1cccc(Cl)c1Cl. The van der Waals surface area contributed by atoms with E-state index < -0.39 is 0 Å². The predicted molar refractivity (Wildman–Crippen MR) is 81.0 cm³/mol. The molecule has 0 radical (unpaired) electrons. The van der Waals surface area contributed by atoms with E-state index >= 15 is 0 Å². The van der Waals surface area contributed by atoms with Crippen LogP contribution in [0.4, 0.5) is 0 Å². The van der Waals surface area contributed by atoms with E-state index in [9.17, 15) is 0 Å². The lowest BCUT2D eigenvalue weighted by atomic mass is 10.0. The van der Waals surface area contributed by atoms with Crippen LogP contribution >= 0.6 is 23.2 Å². The van der Waals surface area contributed by atoms with Gasteiger partial charge in [0.1, 0.15) is 0 Å². The fourth-order valence-electron chi connectivity index (χ4n) is 2.02. The quantitative estimate of drug-likeness (QED) is 0.908. The zero-order valence-electron chi connectivity index (χ0n) is 10.7. The molecule has 1 unspecified atom stereocenters. The van der Waals surface area contributed by atoms with Gasteiger partial charge in [-0.2, -0.15) is 0 Å². The minimum absolute atomic E-state index is 0.283. The third-order valence-electron chi connectivity index (χ3n) is 3.09. The van der Waals surface area contributed by atoms with Crippen molar-refractivity contribution in [2.75, 3.05) is 7.05 Å². The number of pyridine rings is 1. The van der Waals surface area contributed by atoms with Crippen LogP contribution in [0.3, 0.4) is 0 Å². The summed E-state index contributed by atoms with van der Waals surface area (Å²) in [5, 5.41) is 4.55. The first-order valence-corrected chi connectivity index (χ1v) is 6.96. The maximum Gasteiger partial charge on any atom is 0.0624 e. The maximum atomic E-state index is 6.22. The van der Waals surface area contributed by atoms with Crippen molar-refractivity contribution < 1.29 is 0 Å². The van der Waals surface area contributed by atoms with E-state index in [4.69, 9.17) is 23.2 Å². The van der Waals surface area contributed by atoms with Crippen LogP contribution in [0.25, 0.3) is 0 Å². The summed E-state index contributed by atoms with van der Waals surface area (Å²) in [7, 11) is 1.95. The summed E-state index contributed by atoms with van der Waals surface area (Å²) >= 11 is 12.3. The van der Waals surface area contributed by atoms with E-state index in [1.54, 1.807) is 6.07 Å². The second-order valence-corrected chi connectivity index (χ2v) is 5.21. The van der Waals surface area contributed by atoms with E-state index in [1.807, 2.05) is 43.6 Å². The Morgan fingerprint density at radius 2 is 1.95 bits per heavy atom. The topological polar surface area (TPSA) is 24.9 Å². The minimum atomic E-state index is 0.283. The molecule has 0 aliphatic rings. The number of nitrogens with one attached hydrogen (secondary N) is 1. The van der Waals surface area contributed by atoms with Gasteiger partial charge < -0.3 is 5.32 Å². The summed E-state index contributed by atoms with van der Waals surface area (Å²) in [6.45, 7) is 0. The molecule has 1 atom stereocenters. The summed E-state index contributed by atoms with van der Waals surface area (Å²) in [5.41, 5.74) is 2.13. The summed E-state index contributed by atoms with van der Waals surface area (Å²) in [4.78, 5) is 4.35. The van der Waals surface area contributed by atoms with Gasteiger partial charge in [-0.1, -0.05) is 41.4 Å². The van der Waals surface area contributed by atoms with Crippen molar-refractivity contribution in [1.82, 2.24) is 10.3 Å². The monoisotopic (exact) mass is 294 g/mol. The molecule has 0 bridgehead atoms. The number of nitrogens with zero attached hydrogens (tertiary/aromatic N) is 1. The molecule has 19 heavy (non-hydrogen) atoms. The molecule has 1 aromatic heterocycles. The molecule has 100 valence electrons. The predicted octanol–water partition coefficient (Wildman–Crippen LogP) is 3.76. The fraction of sp³-hybridized carbons (Fsp3) is 0.267. The first kappa shape index (κ1) is 14.3. The Bertz CT molecular complexity index is 529. The number of likely N-dealkylation sites (N-methyl/N-ethyl adjacent to an activating group) is 1. The van der Waals surface area contributed by atoms with Crippen molar-refractivity contribution in [2.24, 2.45) is 0 Å². The highest BCUT2D eigenvalue weighted by atomic mass is 35.5. The lowest BCUT2D eigenvalue weighted by Crippen LogP contribution is -2.30. The van der Waals surface area contributed by atoms with Crippen molar-refractivity contribution in [3.8, 4) is 0 Å². The maximum absolute atomic E-state index is 6.22. The van der Waals surface area contributed by atoms with Gasteiger partial charge in [0.25, 0.3) is 0 Å². The molecule has 1 heterocycles. The van der Waals surface area contributed by atoms with Crippen LogP contribution in [-0.2, 0) is 12.8 Å². The van der Waals surface area contributed by atoms with Gasteiger partial charge in [-0.05, 0) is 37.2 Å². The zero-order chi connectivity index (χ0) is 13.7. The molecule has 2 aromatic rings. The molecule has 0 spiro atoms. The Hall–Kier alpha value is -1.09. The van der Waals surface area contributed by atoms with E-state index in [2.05, 4.69) is 10.3 Å². The molecule has 0 saturated heterocycles. The number of halogens is 2. The van der Waals surface area contributed by atoms with Gasteiger partial charge in [0.05, 0.1) is 10.0 Å². The van der Waals surface area contributed by atoms with Crippen LogP contribution in [0.2, 0.25) is 10.0 Å². The molecule has 1 N–H and O–H groups in total. The molecule has 0 amide bonds. The third kappa shape index (κ3) is 3.93. The van der Waals surface area contributed by atoms with Crippen molar-refractivity contribution in [2.45, 2.75) is 18.9 Å². The first-order chi connectivity index (χ1) is 9.20. The highest BCUT2D eigenvalue weighted by Gasteiger charge is 2.12. The van der Waals surface area contributed by atoms with E-state index in [0.29, 0.717) is 10.0 Å². The largest absolute Gasteiger partial charge is 0.316 e. The van der Waals surface area contributed by atoms with E-state index in [-0.39, 0.29) is 6.04 Å². The second kappa shape index (κ2) is 6.90. The fourth-order valence-corrected chi connectivity index (χ4v) is 2.42. The molecule has 2 nitrogen and oxygen atoms in total. The molecule has 0 saturated carbocycles. The third-order valence-corrected chi connectivity index (χ3v) is 3.95. The Kier molecular flexibility index (Phi) is 5.20. The lowest BCUT2D eigenvalue weighted by molar-refractivity contribution is 0.550. The van der Waals surface area contributed by atoms with Gasteiger partial charge in [-0.3, -0.25) is 4.98 Å². The van der Waals surface area contributed by atoms with Crippen molar-refractivity contribution in [3.63, 3.8) is 0 Å². The van der Waals surface area contributed by atoms with Crippen molar-refractivity contribution in [1.29, 1.82) is 0 Å². The second-order valence-electron chi connectivity index (χ2n) is 4.43. The molecule has 2 rings (SSSR count). The highest BCUT2D eigenvalue weighted by molar-refractivity contribution is 6.42. The number of rotatable bonds is 5. The minimum Gasteiger partial charge on any atom is -0.316 e. The molecule has 1 aromatic carbocycles. The van der Waals surface area contributed by atoms with Crippen LogP contribution in [0, 0.1) is 0 Å². The number of hydrogen-bond donors (Lipinski definition) is 1. The summed E-state index contributed by atoms with van der Waals surface area (Å²) in [5.74, 6) is 0. The van der Waals surface area contributed by atoms with E-state index in [0.717, 1.165) is 24.1 Å². The van der Waals surface area contributed by atoms with Crippen LogP contribution in [0.15, 0.2) is 42.6 Å². The standard InChI is InChI=1S/C15H16Cl2N2/c1-18-13(10-12-6-2-3-8-19-12)9-11-5-4-7-14(16)15(11)17/h2-8,13,18H,9-10H2,1H3. The van der Waals surface area contributed by atoms with Crippen LogP contribution in [-0.4, -0.2) is 18.1 Å². The lowest BCUT2D eigenvalue weighted by Gasteiger charge is -2.17. The summed E-state index contributed by atoms with van der Waals surface area (Å²) in [6.07, 6.45) is 3.50. The molecule has 4 heteroatoms. The molecular weight excluding hydrogens is 279 g/mol. The number of benzene rings is 1. The normalized spacial score (nSPS) is 12.4. The smallest absolute Gasteiger partial charge is 0.0624 e. The number of aromatic nitrogens is 1. The van der Waals surface area contributed by atoms with Gasteiger partial charge in [0.15, 0.2) is 0 Å². The first-order valence-electron chi connectivity index (χ1n) is 6.20. The molecular formula is C15H16Cl2N2. The Morgan fingerprint density at radius 1 is 1.11 bits per heavy atom. The van der Waals surface area contributed by atoms with Gasteiger partial charge in [0, 0.05) is 24.4 Å². The van der Waals surface area contributed by atoms with Crippen LogP contribution in [0.1, 0.15) is 11.3 Å². The summed E-state index contributed by atoms with van der Waals surface area (Å²) < 4.78 is 0. The Balaban J connectivity index is 2.09. The van der Waals surface area contributed by atoms with Crippen LogP contribution in [0.5, 0.6) is 0 Å². The zero-order valence-corrected chi connectivity index (χ0v) is 12.2. The highest BCUT2D eigenvalue weighted by Crippen LogP contribution is 2.26. The average molecular weight is 295 g/mol. The van der Waals surface area contributed by atoms with Gasteiger partial charge in [-0.15, -0.1) is 0 Å². The summed E-state index contributed by atoms with van der Waals surface area (Å²) in [6, 6.07) is 12.0. The van der Waals surface area contributed by atoms with E-state index in [1.165, 1.54) is 0 Å². The molecule has 0 aliphatic carbocycles. The molecule has 0 fully saturated rings. The van der Waals surface area contributed by atoms with Gasteiger partial charge in [-0.25, -0.2) is 0 Å².